The van der Waals surface area contributed by atoms with E-state index in [-0.39, 0.29) is 0 Å². The summed E-state index contributed by atoms with van der Waals surface area (Å²) in [5.41, 5.74) is 0. The molecular weight excluding hydrogens is 192 g/mol. The van der Waals surface area contributed by atoms with Gasteiger partial charge in [0.2, 0.25) is 0 Å². The van der Waals surface area contributed by atoms with E-state index in [0.29, 0.717) is 0 Å². The van der Waals surface area contributed by atoms with Gasteiger partial charge in [-0.3, -0.25) is 0 Å². The van der Waals surface area contributed by atoms with E-state index < -0.39 is 0 Å². The van der Waals surface area contributed by atoms with Crippen LogP contribution in [0, 0.1) is 35.5 Å². The van der Waals surface area contributed by atoms with Crippen molar-refractivity contribution in [3.8, 4) is 0 Å². The van der Waals surface area contributed by atoms with E-state index in [2.05, 4.69) is 24.3 Å². The van der Waals surface area contributed by atoms with Gasteiger partial charge in [0.1, 0.15) is 0 Å². The monoisotopic (exact) mass is 214 g/mol. The number of hydrogen-bond donors (Lipinski definition) is 0. The molecule has 0 saturated heterocycles. The minimum Gasteiger partial charge on any atom is -0.0851 e. The first kappa shape index (κ1) is 9.50. The van der Waals surface area contributed by atoms with Gasteiger partial charge in [-0.15, -0.1) is 0 Å². The fourth-order valence-electron chi connectivity index (χ4n) is 4.88. The first-order valence-electron chi connectivity index (χ1n) is 7.25. The van der Waals surface area contributed by atoms with Crippen LogP contribution in [-0.4, -0.2) is 0 Å². The normalized spacial score (nSPS) is 52.0. The van der Waals surface area contributed by atoms with Crippen LogP contribution in [0.25, 0.3) is 0 Å². The van der Waals surface area contributed by atoms with Crippen molar-refractivity contribution in [3.05, 3.63) is 24.3 Å². The lowest BCUT2D eigenvalue weighted by Crippen LogP contribution is -2.12. The molecule has 0 N–H and O–H groups in total. The second kappa shape index (κ2) is 3.48. The third-order valence-corrected chi connectivity index (χ3v) is 5.74. The number of fused-ring (bicyclic) bond motifs is 4. The molecule has 4 rings (SSSR count). The smallest absolute Gasteiger partial charge is 0.0199 e. The lowest BCUT2D eigenvalue weighted by atomic mass is 9.82. The molecule has 0 heteroatoms. The molecule has 0 spiro atoms. The summed E-state index contributed by atoms with van der Waals surface area (Å²) in [5.74, 6) is 5.99. The van der Waals surface area contributed by atoms with Gasteiger partial charge in [0, 0.05) is 0 Å². The first-order chi connectivity index (χ1) is 7.88. The van der Waals surface area contributed by atoms with Crippen molar-refractivity contribution in [1.82, 2.24) is 0 Å². The van der Waals surface area contributed by atoms with Crippen molar-refractivity contribution in [3.63, 3.8) is 0 Å². The molecule has 2 saturated carbocycles. The molecule has 0 aromatic heterocycles. The minimum atomic E-state index is 0.968. The summed E-state index contributed by atoms with van der Waals surface area (Å²) in [5, 5.41) is 0. The molecule has 2 fully saturated rings. The Kier molecular flexibility index (Phi) is 2.07. The fraction of sp³-hybridized carbons (Fsp3) is 0.750. The van der Waals surface area contributed by atoms with Crippen molar-refractivity contribution in [2.24, 2.45) is 35.5 Å². The van der Waals surface area contributed by atoms with E-state index in [0.717, 1.165) is 35.5 Å². The Labute approximate surface area is 98.8 Å². The molecule has 86 valence electrons. The quantitative estimate of drug-likeness (QED) is 0.618. The summed E-state index contributed by atoms with van der Waals surface area (Å²) < 4.78 is 0. The summed E-state index contributed by atoms with van der Waals surface area (Å²) in [7, 11) is 0. The van der Waals surface area contributed by atoms with E-state index in [4.69, 9.17) is 0 Å². The molecule has 0 aromatic carbocycles. The second-order valence-electron chi connectivity index (χ2n) is 6.66. The van der Waals surface area contributed by atoms with Crippen LogP contribution in [-0.2, 0) is 0 Å². The second-order valence-corrected chi connectivity index (χ2v) is 6.66. The summed E-state index contributed by atoms with van der Waals surface area (Å²) >= 11 is 0. The van der Waals surface area contributed by atoms with Crippen molar-refractivity contribution >= 4 is 0 Å². The van der Waals surface area contributed by atoms with E-state index in [9.17, 15) is 0 Å². The standard InChI is InChI=1S/C16H22/c1-3-13-7-11(1)9-15(13)5-6-16-10-12-2-4-14(16)8-12/h1-4,11-16H,5-10H2. The first-order valence-corrected chi connectivity index (χ1v) is 7.25. The van der Waals surface area contributed by atoms with Crippen molar-refractivity contribution in [1.29, 1.82) is 0 Å². The highest BCUT2D eigenvalue weighted by Gasteiger charge is 2.38. The van der Waals surface area contributed by atoms with Gasteiger partial charge >= 0.3 is 0 Å². The summed E-state index contributed by atoms with van der Waals surface area (Å²) in [4.78, 5) is 0. The fourth-order valence-corrected chi connectivity index (χ4v) is 4.88. The van der Waals surface area contributed by atoms with E-state index in [1.54, 1.807) is 0 Å². The summed E-state index contributed by atoms with van der Waals surface area (Å²) in [6.07, 6.45) is 19.0. The van der Waals surface area contributed by atoms with Gasteiger partial charge in [0.15, 0.2) is 0 Å². The number of allylic oxidation sites excluding steroid dienone is 4. The van der Waals surface area contributed by atoms with Gasteiger partial charge in [-0.05, 0) is 74.0 Å². The van der Waals surface area contributed by atoms with E-state index in [1.165, 1.54) is 38.5 Å². The Bertz CT molecular complexity index is 304. The molecule has 4 bridgehead atoms. The van der Waals surface area contributed by atoms with E-state index >= 15 is 0 Å². The maximum atomic E-state index is 2.51. The van der Waals surface area contributed by atoms with Gasteiger partial charge in [0.25, 0.3) is 0 Å². The molecule has 0 aromatic rings. The summed E-state index contributed by atoms with van der Waals surface area (Å²) in [6.45, 7) is 0. The lowest BCUT2D eigenvalue weighted by Gasteiger charge is -2.23. The molecule has 6 unspecified atom stereocenters. The van der Waals surface area contributed by atoms with Crippen LogP contribution >= 0.6 is 0 Å². The highest BCUT2D eigenvalue weighted by molar-refractivity contribution is 5.12. The van der Waals surface area contributed by atoms with Gasteiger partial charge < -0.3 is 0 Å². The predicted octanol–water partition coefficient (Wildman–Crippen LogP) is 4.19. The largest absolute Gasteiger partial charge is 0.0851 e. The van der Waals surface area contributed by atoms with Gasteiger partial charge in [-0.1, -0.05) is 24.3 Å². The topological polar surface area (TPSA) is 0 Å². The minimum absolute atomic E-state index is 0.968. The average Bonchev–Trinajstić information content (AvgIpc) is 3.05. The summed E-state index contributed by atoms with van der Waals surface area (Å²) in [6, 6.07) is 0. The SMILES string of the molecule is C1=CC2CC1CC2CCC1CC2C=CC1C2. The zero-order valence-electron chi connectivity index (χ0n) is 10.0. The Morgan fingerprint density at radius 3 is 1.44 bits per heavy atom. The Morgan fingerprint density at radius 2 is 1.12 bits per heavy atom. The molecule has 0 heterocycles. The molecule has 0 aliphatic heterocycles. The van der Waals surface area contributed by atoms with Crippen LogP contribution in [0.15, 0.2) is 24.3 Å². The average molecular weight is 214 g/mol. The zero-order valence-corrected chi connectivity index (χ0v) is 10.0. The van der Waals surface area contributed by atoms with Gasteiger partial charge in [0.05, 0.1) is 0 Å². The molecule has 6 atom stereocenters. The number of rotatable bonds is 3. The highest BCUT2D eigenvalue weighted by Crippen LogP contribution is 2.49. The van der Waals surface area contributed by atoms with Gasteiger partial charge in [-0.2, -0.15) is 0 Å². The van der Waals surface area contributed by atoms with Gasteiger partial charge in [-0.25, -0.2) is 0 Å². The van der Waals surface area contributed by atoms with Crippen LogP contribution in [0.5, 0.6) is 0 Å². The Morgan fingerprint density at radius 1 is 0.625 bits per heavy atom. The molecule has 0 radical (unpaired) electrons. The van der Waals surface area contributed by atoms with Crippen LogP contribution < -0.4 is 0 Å². The highest BCUT2D eigenvalue weighted by atomic mass is 14.4. The zero-order chi connectivity index (χ0) is 10.5. The third kappa shape index (κ3) is 1.42. The molecule has 0 amide bonds. The lowest BCUT2D eigenvalue weighted by molar-refractivity contribution is 0.328. The maximum Gasteiger partial charge on any atom is -0.0199 e. The molecule has 4 aliphatic carbocycles. The van der Waals surface area contributed by atoms with Crippen LogP contribution in [0.1, 0.15) is 38.5 Å². The van der Waals surface area contributed by atoms with Crippen molar-refractivity contribution < 1.29 is 0 Å². The van der Waals surface area contributed by atoms with E-state index in [1.807, 2.05) is 0 Å². The predicted molar refractivity (Wildman–Crippen MR) is 66.9 cm³/mol. The number of hydrogen-bond acceptors (Lipinski definition) is 0. The van der Waals surface area contributed by atoms with Crippen molar-refractivity contribution in [2.75, 3.05) is 0 Å². The molecule has 0 nitrogen and oxygen atoms in total. The van der Waals surface area contributed by atoms with Crippen LogP contribution in [0.4, 0.5) is 0 Å². The molecule has 16 heavy (non-hydrogen) atoms. The Balaban J connectivity index is 1.33. The van der Waals surface area contributed by atoms with Crippen molar-refractivity contribution in [2.45, 2.75) is 38.5 Å². The molecule has 4 aliphatic rings. The Hall–Kier alpha value is -0.520. The molecular formula is C16H22. The third-order valence-electron chi connectivity index (χ3n) is 5.74. The maximum absolute atomic E-state index is 2.51. The van der Waals surface area contributed by atoms with Crippen LogP contribution in [0.2, 0.25) is 0 Å². The van der Waals surface area contributed by atoms with Crippen LogP contribution in [0.3, 0.4) is 0 Å².